The van der Waals surface area contributed by atoms with E-state index < -0.39 is 0 Å². The Kier molecular flexibility index (Phi) is 7.50. The second-order valence-corrected chi connectivity index (χ2v) is 3.36. The van der Waals surface area contributed by atoms with Gasteiger partial charge in [0.15, 0.2) is 5.88 Å². The molecule has 0 heterocycles. The summed E-state index contributed by atoms with van der Waals surface area (Å²) in [6.07, 6.45) is 2.14. The van der Waals surface area contributed by atoms with Gasteiger partial charge in [-0.2, -0.15) is 0 Å². The Hall–Kier alpha value is -0.700. The largest absolute Gasteiger partial charge is 0.480 e. The molecule has 1 N–H and O–H groups in total. The van der Waals surface area contributed by atoms with Crippen LogP contribution in [0.2, 0.25) is 0 Å². The summed E-state index contributed by atoms with van der Waals surface area (Å²) in [6.45, 7) is 8.62. The molecule has 0 spiro atoms. The van der Waals surface area contributed by atoms with Crippen LogP contribution < -0.4 is 5.32 Å². The SMILES string of the molecule is C=C(NCCCN(C)C)OCCC. The molecule has 3 nitrogen and oxygen atoms in total. The fourth-order valence-electron chi connectivity index (χ4n) is 0.899. The maximum Gasteiger partial charge on any atom is 0.179 e. The summed E-state index contributed by atoms with van der Waals surface area (Å²) in [5.41, 5.74) is 0. The van der Waals surface area contributed by atoms with Crippen molar-refractivity contribution in [3.63, 3.8) is 0 Å². The molecule has 0 aliphatic carbocycles. The molecule has 13 heavy (non-hydrogen) atoms. The molecule has 0 rings (SSSR count). The Labute approximate surface area is 81.8 Å². The summed E-state index contributed by atoms with van der Waals surface area (Å²) in [5.74, 6) is 0.695. The molecule has 0 bridgehead atoms. The van der Waals surface area contributed by atoms with Crippen molar-refractivity contribution in [1.82, 2.24) is 10.2 Å². The minimum atomic E-state index is 0.695. The van der Waals surface area contributed by atoms with Gasteiger partial charge in [0.25, 0.3) is 0 Å². The Morgan fingerprint density at radius 2 is 2.15 bits per heavy atom. The van der Waals surface area contributed by atoms with Crippen molar-refractivity contribution in [3.8, 4) is 0 Å². The maximum absolute atomic E-state index is 5.28. The van der Waals surface area contributed by atoms with Crippen molar-refractivity contribution in [2.24, 2.45) is 0 Å². The van der Waals surface area contributed by atoms with E-state index in [4.69, 9.17) is 4.74 Å². The van der Waals surface area contributed by atoms with Gasteiger partial charge in [0.05, 0.1) is 6.61 Å². The van der Waals surface area contributed by atoms with Gasteiger partial charge in [-0.3, -0.25) is 0 Å². The molecule has 0 saturated heterocycles. The Balaban J connectivity index is 3.17. The molecule has 0 aromatic heterocycles. The van der Waals surface area contributed by atoms with E-state index in [1.165, 1.54) is 0 Å². The zero-order chi connectivity index (χ0) is 10.1. The second kappa shape index (κ2) is 7.92. The highest BCUT2D eigenvalue weighted by atomic mass is 16.5. The van der Waals surface area contributed by atoms with E-state index in [1.807, 2.05) is 0 Å². The summed E-state index contributed by atoms with van der Waals surface area (Å²) < 4.78 is 5.28. The van der Waals surface area contributed by atoms with Crippen LogP contribution in [-0.2, 0) is 4.74 Å². The fraction of sp³-hybridized carbons (Fsp3) is 0.800. The number of rotatable bonds is 8. The van der Waals surface area contributed by atoms with E-state index in [2.05, 4.69) is 37.8 Å². The maximum atomic E-state index is 5.28. The molecule has 0 aliphatic rings. The standard InChI is InChI=1S/C10H22N2O/c1-5-9-13-10(2)11-7-6-8-12(3)4/h11H,2,5-9H2,1,3-4H3. The first kappa shape index (κ1) is 12.3. The van der Waals surface area contributed by atoms with Crippen LogP contribution in [0.1, 0.15) is 19.8 Å². The van der Waals surface area contributed by atoms with Crippen LogP contribution in [0.25, 0.3) is 0 Å². The summed E-state index contributed by atoms with van der Waals surface area (Å²) >= 11 is 0. The number of hydrogen-bond acceptors (Lipinski definition) is 3. The second-order valence-electron chi connectivity index (χ2n) is 3.36. The third kappa shape index (κ3) is 9.21. The molecule has 3 heteroatoms. The van der Waals surface area contributed by atoms with Crippen LogP contribution >= 0.6 is 0 Å². The van der Waals surface area contributed by atoms with Crippen molar-refractivity contribution in [3.05, 3.63) is 12.5 Å². The molecule has 0 fully saturated rings. The smallest absolute Gasteiger partial charge is 0.179 e. The fourth-order valence-corrected chi connectivity index (χ4v) is 0.899. The lowest BCUT2D eigenvalue weighted by molar-refractivity contribution is 0.192. The Morgan fingerprint density at radius 3 is 2.69 bits per heavy atom. The van der Waals surface area contributed by atoms with Crippen molar-refractivity contribution in [2.75, 3.05) is 33.8 Å². The Bertz CT molecular complexity index is 135. The first-order valence-electron chi connectivity index (χ1n) is 4.87. The van der Waals surface area contributed by atoms with Gasteiger partial charge in [-0.15, -0.1) is 0 Å². The lowest BCUT2D eigenvalue weighted by atomic mass is 10.4. The lowest BCUT2D eigenvalue weighted by Crippen LogP contribution is -2.21. The summed E-state index contributed by atoms with van der Waals surface area (Å²) in [7, 11) is 4.14. The van der Waals surface area contributed by atoms with E-state index in [1.54, 1.807) is 0 Å². The molecular formula is C10H22N2O. The first-order chi connectivity index (χ1) is 6.16. The summed E-state index contributed by atoms with van der Waals surface area (Å²) in [6, 6.07) is 0. The van der Waals surface area contributed by atoms with Gasteiger partial charge < -0.3 is 15.0 Å². The predicted octanol–water partition coefficient (Wildman–Crippen LogP) is 1.43. The van der Waals surface area contributed by atoms with E-state index in [-0.39, 0.29) is 0 Å². The monoisotopic (exact) mass is 186 g/mol. The number of hydrogen-bond donors (Lipinski definition) is 1. The average Bonchev–Trinajstić information content (AvgIpc) is 2.08. The topological polar surface area (TPSA) is 24.5 Å². The molecule has 0 amide bonds. The molecule has 0 radical (unpaired) electrons. The summed E-state index contributed by atoms with van der Waals surface area (Å²) in [5, 5.41) is 3.13. The first-order valence-corrected chi connectivity index (χ1v) is 4.87. The zero-order valence-corrected chi connectivity index (χ0v) is 9.10. The third-order valence-corrected chi connectivity index (χ3v) is 1.58. The highest BCUT2D eigenvalue weighted by Crippen LogP contribution is 1.90. The highest BCUT2D eigenvalue weighted by molar-refractivity contribution is 4.78. The van der Waals surface area contributed by atoms with Crippen LogP contribution in [-0.4, -0.2) is 38.7 Å². The van der Waals surface area contributed by atoms with E-state index in [0.717, 1.165) is 32.5 Å². The molecule has 0 atom stereocenters. The van der Waals surface area contributed by atoms with Crippen molar-refractivity contribution < 1.29 is 4.74 Å². The zero-order valence-electron chi connectivity index (χ0n) is 9.10. The van der Waals surface area contributed by atoms with Gasteiger partial charge in [0.1, 0.15) is 0 Å². The minimum absolute atomic E-state index is 0.695. The van der Waals surface area contributed by atoms with Gasteiger partial charge in [-0.05, 0) is 40.1 Å². The van der Waals surface area contributed by atoms with E-state index >= 15 is 0 Å². The molecule has 78 valence electrons. The highest BCUT2D eigenvalue weighted by Gasteiger charge is 1.93. The molecule has 0 unspecified atom stereocenters. The third-order valence-electron chi connectivity index (χ3n) is 1.58. The molecule has 0 aromatic carbocycles. The van der Waals surface area contributed by atoms with Gasteiger partial charge in [0.2, 0.25) is 0 Å². The predicted molar refractivity (Wildman–Crippen MR) is 56.6 cm³/mol. The van der Waals surface area contributed by atoms with Gasteiger partial charge in [-0.25, -0.2) is 0 Å². The quantitative estimate of drug-likeness (QED) is 0.458. The summed E-state index contributed by atoms with van der Waals surface area (Å²) in [4.78, 5) is 2.16. The van der Waals surface area contributed by atoms with Crippen LogP contribution in [0.4, 0.5) is 0 Å². The minimum Gasteiger partial charge on any atom is -0.480 e. The van der Waals surface area contributed by atoms with Gasteiger partial charge in [-0.1, -0.05) is 6.92 Å². The van der Waals surface area contributed by atoms with Crippen LogP contribution in [0.3, 0.4) is 0 Å². The van der Waals surface area contributed by atoms with Crippen molar-refractivity contribution >= 4 is 0 Å². The van der Waals surface area contributed by atoms with Crippen molar-refractivity contribution in [1.29, 1.82) is 0 Å². The average molecular weight is 186 g/mol. The van der Waals surface area contributed by atoms with Gasteiger partial charge in [0, 0.05) is 6.54 Å². The van der Waals surface area contributed by atoms with Crippen LogP contribution in [0.5, 0.6) is 0 Å². The number of nitrogens with zero attached hydrogens (tertiary/aromatic N) is 1. The Morgan fingerprint density at radius 1 is 1.46 bits per heavy atom. The molecule has 0 aromatic rings. The van der Waals surface area contributed by atoms with Crippen LogP contribution in [0.15, 0.2) is 12.5 Å². The van der Waals surface area contributed by atoms with Crippen molar-refractivity contribution in [2.45, 2.75) is 19.8 Å². The molecule has 0 saturated carbocycles. The normalized spacial score (nSPS) is 10.2. The van der Waals surface area contributed by atoms with Gasteiger partial charge >= 0.3 is 0 Å². The van der Waals surface area contributed by atoms with E-state index in [0.29, 0.717) is 5.88 Å². The van der Waals surface area contributed by atoms with E-state index in [9.17, 15) is 0 Å². The number of nitrogens with one attached hydrogen (secondary N) is 1. The molecule has 0 aliphatic heterocycles. The van der Waals surface area contributed by atoms with Crippen LogP contribution in [0, 0.1) is 0 Å². The number of ether oxygens (including phenoxy) is 1. The lowest BCUT2D eigenvalue weighted by Gasteiger charge is -2.12. The molecular weight excluding hydrogens is 164 g/mol.